The van der Waals surface area contributed by atoms with Gasteiger partial charge in [0.1, 0.15) is 5.75 Å². The van der Waals surface area contributed by atoms with E-state index in [1.165, 1.54) is 0 Å². The molecule has 0 amide bonds. The molecular weight excluding hydrogens is 312 g/mol. The zero-order valence-corrected chi connectivity index (χ0v) is 13.6. The smallest absolute Gasteiger partial charge is 0.172 e. The number of halogens is 1. The molecule has 0 heterocycles. The maximum absolute atomic E-state index is 12.0. The Balaban J connectivity index is 2.65. The van der Waals surface area contributed by atoms with Crippen LogP contribution in [-0.4, -0.2) is 23.9 Å². The molecule has 0 saturated heterocycles. The molecule has 0 radical (unpaired) electrons. The molecule has 18 heavy (non-hydrogen) atoms. The number of ketones is 1. The van der Waals surface area contributed by atoms with E-state index in [1.54, 1.807) is 18.9 Å². The normalized spacial score (nSPS) is 12.6. The summed E-state index contributed by atoms with van der Waals surface area (Å²) in [5, 5.41) is 0.496. The van der Waals surface area contributed by atoms with Gasteiger partial charge in [0.2, 0.25) is 0 Å². The van der Waals surface area contributed by atoms with Crippen LogP contribution in [0.25, 0.3) is 0 Å². The highest BCUT2D eigenvalue weighted by molar-refractivity contribution is 9.10. The minimum absolute atomic E-state index is 0.163. The van der Waals surface area contributed by atoms with E-state index >= 15 is 0 Å². The van der Waals surface area contributed by atoms with Crippen molar-refractivity contribution in [3.63, 3.8) is 0 Å². The minimum atomic E-state index is 0.163. The van der Waals surface area contributed by atoms with E-state index in [-0.39, 0.29) is 5.78 Å². The SMILES string of the molecule is COc1ccc(C(=O)CSC(C)C(C)C)cc1Br. The average Bonchev–Trinajstić information content (AvgIpc) is 2.35. The maximum atomic E-state index is 12.0. The Morgan fingerprint density at radius 3 is 2.56 bits per heavy atom. The molecule has 0 spiro atoms. The van der Waals surface area contributed by atoms with Gasteiger partial charge in [-0.15, -0.1) is 0 Å². The lowest BCUT2D eigenvalue weighted by atomic mass is 10.1. The van der Waals surface area contributed by atoms with Crippen LogP contribution in [0, 0.1) is 5.92 Å². The number of hydrogen-bond donors (Lipinski definition) is 0. The first-order valence-electron chi connectivity index (χ1n) is 5.94. The van der Waals surface area contributed by atoms with Gasteiger partial charge >= 0.3 is 0 Å². The van der Waals surface area contributed by atoms with E-state index < -0.39 is 0 Å². The molecule has 1 unspecified atom stereocenters. The summed E-state index contributed by atoms with van der Waals surface area (Å²) in [5.74, 6) is 2.02. The Kier molecular flexibility index (Phi) is 6.22. The molecule has 0 aliphatic heterocycles. The third-order valence-corrected chi connectivity index (χ3v) is 5.01. The van der Waals surface area contributed by atoms with Gasteiger partial charge in [-0.1, -0.05) is 20.8 Å². The van der Waals surface area contributed by atoms with E-state index in [4.69, 9.17) is 4.74 Å². The van der Waals surface area contributed by atoms with Crippen molar-refractivity contribution in [2.24, 2.45) is 5.92 Å². The molecule has 0 aromatic heterocycles. The van der Waals surface area contributed by atoms with Crippen LogP contribution in [-0.2, 0) is 0 Å². The third-order valence-electron chi connectivity index (χ3n) is 2.89. The molecule has 1 aromatic rings. The number of benzene rings is 1. The fourth-order valence-electron chi connectivity index (χ4n) is 1.32. The zero-order chi connectivity index (χ0) is 13.7. The van der Waals surface area contributed by atoms with Crippen molar-refractivity contribution in [2.45, 2.75) is 26.0 Å². The second kappa shape index (κ2) is 7.19. The molecule has 4 heteroatoms. The molecule has 0 aliphatic rings. The van der Waals surface area contributed by atoms with Gasteiger partial charge in [0.25, 0.3) is 0 Å². The highest BCUT2D eigenvalue weighted by Gasteiger charge is 2.13. The van der Waals surface area contributed by atoms with Crippen LogP contribution in [0.15, 0.2) is 22.7 Å². The number of Topliss-reactive ketones (excluding diaryl/α,β-unsaturated/α-hetero) is 1. The Labute approximate surface area is 122 Å². The van der Waals surface area contributed by atoms with Crippen LogP contribution in [0.5, 0.6) is 5.75 Å². The molecule has 0 fully saturated rings. The number of ether oxygens (including phenoxy) is 1. The fraction of sp³-hybridized carbons (Fsp3) is 0.500. The standard InChI is InChI=1S/C14H19BrO2S/c1-9(2)10(3)18-8-13(16)11-5-6-14(17-4)12(15)7-11/h5-7,9-10H,8H2,1-4H3. The van der Waals surface area contributed by atoms with Gasteiger partial charge < -0.3 is 4.74 Å². The fourth-order valence-corrected chi connectivity index (χ4v) is 2.83. The second-order valence-corrected chi connectivity index (χ2v) is 6.75. The Bertz CT molecular complexity index is 418. The molecule has 1 atom stereocenters. The molecule has 0 bridgehead atoms. The van der Waals surface area contributed by atoms with Crippen LogP contribution in [0.3, 0.4) is 0 Å². The first-order chi connectivity index (χ1) is 8.45. The van der Waals surface area contributed by atoms with Crippen LogP contribution in [0.2, 0.25) is 0 Å². The summed E-state index contributed by atoms with van der Waals surface area (Å²) in [4.78, 5) is 12.0. The molecular formula is C14H19BrO2S. The van der Waals surface area contributed by atoms with Crippen molar-refractivity contribution in [3.05, 3.63) is 28.2 Å². The van der Waals surface area contributed by atoms with E-state index in [1.807, 2.05) is 18.2 Å². The van der Waals surface area contributed by atoms with Crippen LogP contribution < -0.4 is 4.74 Å². The van der Waals surface area contributed by atoms with Crippen molar-refractivity contribution >= 4 is 33.5 Å². The molecule has 0 saturated carbocycles. The quantitative estimate of drug-likeness (QED) is 0.722. The lowest BCUT2D eigenvalue weighted by molar-refractivity contribution is 0.102. The van der Waals surface area contributed by atoms with Crippen molar-refractivity contribution in [2.75, 3.05) is 12.9 Å². The van der Waals surface area contributed by atoms with Crippen molar-refractivity contribution in [3.8, 4) is 5.75 Å². The first-order valence-corrected chi connectivity index (χ1v) is 7.78. The maximum Gasteiger partial charge on any atom is 0.172 e. The minimum Gasteiger partial charge on any atom is -0.496 e. The summed E-state index contributed by atoms with van der Waals surface area (Å²) in [7, 11) is 1.61. The Hall–Kier alpha value is -0.480. The highest BCUT2D eigenvalue weighted by Crippen LogP contribution is 2.27. The topological polar surface area (TPSA) is 26.3 Å². The summed E-state index contributed by atoms with van der Waals surface area (Å²) >= 11 is 5.10. The predicted molar refractivity (Wildman–Crippen MR) is 81.8 cm³/mol. The van der Waals surface area contributed by atoms with E-state index in [0.29, 0.717) is 16.9 Å². The molecule has 2 nitrogen and oxygen atoms in total. The summed E-state index contributed by atoms with van der Waals surface area (Å²) in [5.41, 5.74) is 0.728. The van der Waals surface area contributed by atoms with Gasteiger partial charge in [-0.05, 0) is 40.0 Å². The molecule has 100 valence electrons. The molecule has 0 N–H and O–H groups in total. The van der Waals surface area contributed by atoms with E-state index in [9.17, 15) is 4.79 Å². The zero-order valence-electron chi connectivity index (χ0n) is 11.2. The lowest BCUT2D eigenvalue weighted by Crippen LogP contribution is -2.11. The second-order valence-electron chi connectivity index (χ2n) is 4.53. The van der Waals surface area contributed by atoms with Crippen molar-refractivity contribution in [1.82, 2.24) is 0 Å². The van der Waals surface area contributed by atoms with Crippen LogP contribution in [0.1, 0.15) is 31.1 Å². The van der Waals surface area contributed by atoms with Gasteiger partial charge in [0.15, 0.2) is 5.78 Å². The van der Waals surface area contributed by atoms with Crippen molar-refractivity contribution in [1.29, 1.82) is 0 Å². The van der Waals surface area contributed by atoms with E-state index in [0.717, 1.165) is 15.8 Å². The summed E-state index contributed by atoms with van der Waals surface area (Å²) in [6.07, 6.45) is 0. The van der Waals surface area contributed by atoms with Crippen LogP contribution in [0.4, 0.5) is 0 Å². The van der Waals surface area contributed by atoms with Gasteiger partial charge in [0, 0.05) is 10.8 Å². The highest BCUT2D eigenvalue weighted by atomic mass is 79.9. The third kappa shape index (κ3) is 4.32. The Morgan fingerprint density at radius 2 is 2.06 bits per heavy atom. The largest absolute Gasteiger partial charge is 0.496 e. The number of carbonyl (C=O) groups is 1. The Morgan fingerprint density at radius 1 is 1.39 bits per heavy atom. The number of carbonyl (C=O) groups excluding carboxylic acids is 1. The first kappa shape index (κ1) is 15.6. The van der Waals surface area contributed by atoms with E-state index in [2.05, 4.69) is 36.7 Å². The van der Waals surface area contributed by atoms with Gasteiger partial charge in [-0.2, -0.15) is 11.8 Å². The summed E-state index contributed by atoms with van der Waals surface area (Å²) < 4.78 is 5.96. The van der Waals surface area contributed by atoms with Gasteiger partial charge in [0.05, 0.1) is 17.3 Å². The predicted octanol–water partition coefficient (Wildman–Crippen LogP) is 4.42. The monoisotopic (exact) mass is 330 g/mol. The lowest BCUT2D eigenvalue weighted by Gasteiger charge is -2.14. The van der Waals surface area contributed by atoms with Gasteiger partial charge in [-0.25, -0.2) is 0 Å². The van der Waals surface area contributed by atoms with Gasteiger partial charge in [-0.3, -0.25) is 4.79 Å². The number of hydrogen-bond acceptors (Lipinski definition) is 3. The molecule has 1 aromatic carbocycles. The summed E-state index contributed by atoms with van der Waals surface area (Å²) in [6, 6.07) is 5.45. The average molecular weight is 331 g/mol. The number of rotatable bonds is 6. The number of methoxy groups -OCH3 is 1. The summed E-state index contributed by atoms with van der Waals surface area (Å²) in [6.45, 7) is 6.50. The molecule has 1 rings (SSSR count). The van der Waals surface area contributed by atoms with Crippen LogP contribution >= 0.6 is 27.7 Å². The van der Waals surface area contributed by atoms with Crippen molar-refractivity contribution < 1.29 is 9.53 Å². The number of thioether (sulfide) groups is 1. The molecule has 0 aliphatic carbocycles.